The molecule has 0 aromatic carbocycles. The van der Waals surface area contributed by atoms with Gasteiger partial charge in [0, 0.05) is 13.5 Å². The van der Waals surface area contributed by atoms with E-state index in [0.29, 0.717) is 59.5 Å². The fourth-order valence-electron chi connectivity index (χ4n) is 3.50. The van der Waals surface area contributed by atoms with Crippen LogP contribution in [0.3, 0.4) is 0 Å². The van der Waals surface area contributed by atoms with E-state index in [9.17, 15) is 0 Å². The molecule has 0 bridgehead atoms. The summed E-state index contributed by atoms with van der Waals surface area (Å²) in [6.45, 7) is 9.14. The fraction of sp³-hybridized carbons (Fsp3) is 0.900. The molecule has 0 spiro atoms. The van der Waals surface area contributed by atoms with Gasteiger partial charge in [0.1, 0.15) is 0 Å². The van der Waals surface area contributed by atoms with E-state index in [4.69, 9.17) is 38.7 Å². The second-order valence-electron chi connectivity index (χ2n) is 9.24. The number of ether oxygens (including phenoxy) is 5. The third kappa shape index (κ3) is 44.9. The lowest BCUT2D eigenvalue weighted by Crippen LogP contribution is -2.13. The molecule has 0 aromatic heterocycles. The Morgan fingerprint density at radius 3 is 1.24 bits per heavy atom. The monoisotopic (exact) mass is 548 g/mol. The number of unbranched alkanes of at least 4 members (excludes halogenated alkanes) is 12. The Morgan fingerprint density at radius 2 is 0.842 bits per heavy atom. The first-order chi connectivity index (χ1) is 18.6. The van der Waals surface area contributed by atoms with Crippen LogP contribution in [-0.4, -0.2) is 88.9 Å². The summed E-state index contributed by atoms with van der Waals surface area (Å²) in [5, 5.41) is 16.0. The molecule has 228 valence electrons. The predicted molar refractivity (Wildman–Crippen MR) is 154 cm³/mol. The minimum absolute atomic E-state index is 0.0476. The third-order valence-corrected chi connectivity index (χ3v) is 5.52. The molecule has 8 heteroatoms. The van der Waals surface area contributed by atoms with Crippen molar-refractivity contribution in [1.82, 2.24) is 0 Å². The van der Waals surface area contributed by atoms with Crippen LogP contribution in [0.15, 0.2) is 12.2 Å². The van der Waals surface area contributed by atoms with Crippen LogP contribution in [0.25, 0.3) is 0 Å². The lowest BCUT2D eigenvalue weighted by molar-refractivity contribution is -0.134. The van der Waals surface area contributed by atoms with Gasteiger partial charge in [-0.15, -0.1) is 0 Å². The van der Waals surface area contributed by atoms with Crippen LogP contribution >= 0.6 is 0 Å². The van der Waals surface area contributed by atoms with E-state index in [-0.39, 0.29) is 6.61 Å². The quantitative estimate of drug-likeness (QED) is 0.0809. The molecule has 0 aliphatic carbocycles. The molecule has 8 nitrogen and oxygen atoms in total. The largest absolute Gasteiger partial charge is 0.481 e. The zero-order valence-corrected chi connectivity index (χ0v) is 24.7. The topological polar surface area (TPSA) is 104 Å². The number of hydrogen-bond acceptors (Lipinski definition) is 7. The van der Waals surface area contributed by atoms with Crippen molar-refractivity contribution in [3.63, 3.8) is 0 Å². The normalized spacial score (nSPS) is 11.1. The van der Waals surface area contributed by atoms with Gasteiger partial charge >= 0.3 is 0 Å². The van der Waals surface area contributed by atoms with E-state index in [1.54, 1.807) is 0 Å². The molecule has 0 heterocycles. The van der Waals surface area contributed by atoms with E-state index in [2.05, 4.69) is 19.1 Å². The highest BCUT2D eigenvalue weighted by Gasteiger charge is 1.95. The lowest BCUT2D eigenvalue weighted by atomic mass is 10.1. The molecule has 0 aliphatic heterocycles. The molecule has 0 atom stereocenters. The Balaban J connectivity index is 0. The number of carboxylic acid groups (broad SMARTS) is 1. The Kier molecular flexibility index (Phi) is 39.2. The van der Waals surface area contributed by atoms with Crippen LogP contribution in [0.4, 0.5) is 0 Å². The van der Waals surface area contributed by atoms with Gasteiger partial charge in [-0.3, -0.25) is 4.79 Å². The predicted octanol–water partition coefficient (Wildman–Crippen LogP) is 6.19. The molecule has 0 radical (unpaired) electrons. The van der Waals surface area contributed by atoms with Gasteiger partial charge in [0.2, 0.25) is 0 Å². The Bertz CT molecular complexity index is 456. The van der Waals surface area contributed by atoms with Gasteiger partial charge in [-0.05, 0) is 32.1 Å². The average Bonchev–Trinajstić information content (AvgIpc) is 2.89. The van der Waals surface area contributed by atoms with Gasteiger partial charge in [0.25, 0.3) is 5.97 Å². The molecule has 0 aromatic rings. The summed E-state index contributed by atoms with van der Waals surface area (Å²) in [6, 6.07) is 0. The smallest absolute Gasteiger partial charge is 0.300 e. The average molecular weight is 549 g/mol. The van der Waals surface area contributed by atoms with E-state index >= 15 is 0 Å². The van der Waals surface area contributed by atoms with Crippen molar-refractivity contribution in [1.29, 1.82) is 0 Å². The Morgan fingerprint density at radius 1 is 0.526 bits per heavy atom. The molecule has 0 aliphatic rings. The van der Waals surface area contributed by atoms with Gasteiger partial charge in [0.05, 0.1) is 66.1 Å². The van der Waals surface area contributed by atoms with E-state index in [0.717, 1.165) is 20.0 Å². The van der Waals surface area contributed by atoms with Gasteiger partial charge in [0.15, 0.2) is 0 Å². The van der Waals surface area contributed by atoms with Crippen LogP contribution in [-0.2, 0) is 28.5 Å². The standard InChI is InChI=1S/C28H56O6.C2H4O2/c1-2-3-4-5-6-7-8-9-10-11-12-13-14-15-16-17-19-30-21-23-32-25-27-34-28-26-33-24-22-31-20-18-29;1-2(3)4/h9-10,29H,2-8,11-28H2,1H3;1H3,(H,3,4). The summed E-state index contributed by atoms with van der Waals surface area (Å²) < 4.78 is 27.0. The van der Waals surface area contributed by atoms with Crippen molar-refractivity contribution in [2.75, 3.05) is 72.7 Å². The highest BCUT2D eigenvalue weighted by atomic mass is 16.6. The second-order valence-corrected chi connectivity index (χ2v) is 9.24. The summed E-state index contributed by atoms with van der Waals surface area (Å²) >= 11 is 0. The number of carboxylic acids is 1. The molecule has 0 amide bonds. The molecule has 0 saturated carbocycles. The summed E-state index contributed by atoms with van der Waals surface area (Å²) in [4.78, 5) is 9.00. The van der Waals surface area contributed by atoms with E-state index in [1.165, 1.54) is 83.5 Å². The van der Waals surface area contributed by atoms with Crippen molar-refractivity contribution < 1.29 is 38.7 Å². The number of rotatable bonds is 30. The Hall–Kier alpha value is -1.03. The van der Waals surface area contributed by atoms with Gasteiger partial charge in [-0.1, -0.05) is 76.9 Å². The van der Waals surface area contributed by atoms with Crippen LogP contribution in [0.2, 0.25) is 0 Å². The summed E-state index contributed by atoms with van der Waals surface area (Å²) in [5.41, 5.74) is 0. The molecule has 0 unspecified atom stereocenters. The van der Waals surface area contributed by atoms with Crippen LogP contribution in [0.1, 0.15) is 104 Å². The first kappa shape index (κ1) is 39.1. The van der Waals surface area contributed by atoms with Crippen molar-refractivity contribution in [2.45, 2.75) is 104 Å². The molecule has 0 rings (SSSR count). The van der Waals surface area contributed by atoms with Crippen molar-refractivity contribution >= 4 is 5.97 Å². The van der Waals surface area contributed by atoms with Crippen molar-refractivity contribution in [2.24, 2.45) is 0 Å². The van der Waals surface area contributed by atoms with E-state index in [1.807, 2.05) is 0 Å². The van der Waals surface area contributed by atoms with Crippen LogP contribution in [0, 0.1) is 0 Å². The maximum Gasteiger partial charge on any atom is 0.300 e. The number of aliphatic hydroxyl groups is 1. The minimum atomic E-state index is -0.833. The number of aliphatic carboxylic acids is 1. The summed E-state index contributed by atoms with van der Waals surface area (Å²) in [6.07, 6.45) is 23.4. The maximum absolute atomic E-state index is 9.00. The van der Waals surface area contributed by atoms with Crippen LogP contribution < -0.4 is 0 Å². The summed E-state index contributed by atoms with van der Waals surface area (Å²) in [7, 11) is 0. The number of allylic oxidation sites excluding steroid dienone is 2. The number of aliphatic hydroxyl groups excluding tert-OH is 1. The molecular formula is C30H60O8. The molecule has 38 heavy (non-hydrogen) atoms. The lowest BCUT2D eigenvalue weighted by Gasteiger charge is -2.08. The molecule has 0 fully saturated rings. The minimum Gasteiger partial charge on any atom is -0.481 e. The Labute approximate surface area is 233 Å². The highest BCUT2D eigenvalue weighted by Crippen LogP contribution is 2.10. The fourth-order valence-corrected chi connectivity index (χ4v) is 3.50. The zero-order valence-electron chi connectivity index (χ0n) is 24.7. The maximum atomic E-state index is 9.00. The third-order valence-electron chi connectivity index (χ3n) is 5.52. The molecule has 0 saturated heterocycles. The molecule has 2 N–H and O–H groups in total. The second kappa shape index (κ2) is 38.1. The van der Waals surface area contributed by atoms with Crippen LogP contribution in [0.5, 0.6) is 0 Å². The molecular weight excluding hydrogens is 488 g/mol. The van der Waals surface area contributed by atoms with E-state index < -0.39 is 5.97 Å². The summed E-state index contributed by atoms with van der Waals surface area (Å²) in [5.74, 6) is -0.833. The number of carbonyl (C=O) groups is 1. The zero-order chi connectivity index (χ0) is 28.2. The van der Waals surface area contributed by atoms with Crippen molar-refractivity contribution in [3.05, 3.63) is 12.2 Å². The van der Waals surface area contributed by atoms with Gasteiger partial charge in [-0.2, -0.15) is 0 Å². The highest BCUT2D eigenvalue weighted by molar-refractivity contribution is 5.62. The first-order valence-electron chi connectivity index (χ1n) is 15.0. The SMILES string of the molecule is CC(=O)O.CCCCCCCCC=CCCCCCCCCOCCOCCOCCOCCOCCO. The van der Waals surface area contributed by atoms with Gasteiger partial charge in [-0.25, -0.2) is 0 Å². The first-order valence-corrected chi connectivity index (χ1v) is 15.0. The van der Waals surface area contributed by atoms with Gasteiger partial charge < -0.3 is 33.9 Å². The van der Waals surface area contributed by atoms with Crippen molar-refractivity contribution in [3.8, 4) is 0 Å². The number of hydrogen-bond donors (Lipinski definition) is 2.